The van der Waals surface area contributed by atoms with Gasteiger partial charge in [0.15, 0.2) is 0 Å². The van der Waals surface area contributed by atoms with Gasteiger partial charge in [0.25, 0.3) is 0 Å². The van der Waals surface area contributed by atoms with E-state index < -0.39 is 17.7 Å². The Morgan fingerprint density at radius 3 is 2.64 bits per heavy atom. The Hall–Kier alpha value is -2.16. The minimum Gasteiger partial charge on any atom is -0.505 e. The maximum Gasteiger partial charge on any atom is 0.149 e. The van der Waals surface area contributed by atoms with Crippen LogP contribution >= 0.6 is 11.3 Å². The van der Waals surface area contributed by atoms with E-state index in [2.05, 4.69) is 9.97 Å². The highest BCUT2D eigenvalue weighted by Crippen LogP contribution is 2.40. The van der Waals surface area contributed by atoms with E-state index in [0.717, 1.165) is 22.0 Å². The molecule has 148 valence electrons. The van der Waals surface area contributed by atoms with Crippen LogP contribution in [0.15, 0.2) is 24.4 Å². The number of morpholine rings is 1. The molecule has 0 aliphatic carbocycles. The summed E-state index contributed by atoms with van der Waals surface area (Å²) >= 11 is 1.48. The lowest BCUT2D eigenvalue weighted by Gasteiger charge is -2.40. The smallest absolute Gasteiger partial charge is 0.149 e. The number of fused-ring (bicyclic) bond motifs is 1. The summed E-state index contributed by atoms with van der Waals surface area (Å²) in [5, 5.41) is 11.8. The van der Waals surface area contributed by atoms with Crippen LogP contribution in [0.4, 0.5) is 8.78 Å². The largest absolute Gasteiger partial charge is 0.505 e. The molecule has 0 saturated carbocycles. The third-order valence-electron chi connectivity index (χ3n) is 4.88. The van der Waals surface area contributed by atoms with Crippen LogP contribution in [-0.2, 0) is 4.74 Å². The van der Waals surface area contributed by atoms with Crippen LogP contribution in [0.2, 0.25) is 0 Å². The van der Waals surface area contributed by atoms with Crippen molar-refractivity contribution in [3.8, 4) is 5.75 Å². The zero-order valence-electron chi connectivity index (χ0n) is 15.8. The van der Waals surface area contributed by atoms with Crippen LogP contribution in [0.3, 0.4) is 0 Å². The summed E-state index contributed by atoms with van der Waals surface area (Å²) in [5.41, 5.74) is 1.06. The van der Waals surface area contributed by atoms with Crippen molar-refractivity contribution in [2.45, 2.75) is 39.0 Å². The summed E-state index contributed by atoms with van der Waals surface area (Å²) < 4.78 is 34.9. The Morgan fingerprint density at radius 1 is 1.25 bits per heavy atom. The number of phenolic OH excluding ortho intramolecular Hbond substituents is 1. The Morgan fingerprint density at radius 2 is 1.96 bits per heavy atom. The molecule has 3 atom stereocenters. The van der Waals surface area contributed by atoms with Gasteiger partial charge in [-0.2, -0.15) is 0 Å². The molecule has 3 aromatic rings. The predicted octanol–water partition coefficient (Wildman–Crippen LogP) is 4.18. The lowest BCUT2D eigenvalue weighted by atomic mass is 9.97. The fourth-order valence-electron chi connectivity index (χ4n) is 3.90. The van der Waals surface area contributed by atoms with E-state index >= 15 is 0 Å². The van der Waals surface area contributed by atoms with E-state index in [1.165, 1.54) is 11.3 Å². The Bertz CT molecular complexity index is 1020. The molecule has 0 spiro atoms. The highest BCUT2D eigenvalue weighted by molar-refractivity contribution is 7.18. The molecule has 1 saturated heterocycles. The first-order valence-corrected chi connectivity index (χ1v) is 9.94. The van der Waals surface area contributed by atoms with Crippen molar-refractivity contribution in [1.82, 2.24) is 14.9 Å². The van der Waals surface area contributed by atoms with E-state index in [1.807, 2.05) is 31.7 Å². The fourth-order valence-corrected chi connectivity index (χ4v) is 4.73. The molecule has 0 amide bonds. The second kappa shape index (κ2) is 7.35. The van der Waals surface area contributed by atoms with Crippen molar-refractivity contribution in [1.29, 1.82) is 0 Å². The molecule has 1 N–H and O–H groups in total. The first-order chi connectivity index (χ1) is 13.3. The van der Waals surface area contributed by atoms with Gasteiger partial charge in [0.2, 0.25) is 0 Å². The summed E-state index contributed by atoms with van der Waals surface area (Å²) in [6.45, 7) is 6.82. The number of nitrogens with zero attached hydrogens (tertiary/aromatic N) is 3. The van der Waals surface area contributed by atoms with Gasteiger partial charge >= 0.3 is 0 Å². The molecular formula is C20H21F2N3O2S. The van der Waals surface area contributed by atoms with E-state index in [0.29, 0.717) is 24.2 Å². The fraction of sp³-hybridized carbons (Fsp3) is 0.400. The number of aryl methyl sites for hydroxylation is 1. The predicted molar refractivity (Wildman–Crippen MR) is 104 cm³/mol. The van der Waals surface area contributed by atoms with Crippen molar-refractivity contribution in [2.24, 2.45) is 0 Å². The van der Waals surface area contributed by atoms with E-state index in [1.54, 1.807) is 6.07 Å². The van der Waals surface area contributed by atoms with Gasteiger partial charge in [-0.1, -0.05) is 6.07 Å². The van der Waals surface area contributed by atoms with Crippen LogP contribution in [-0.4, -0.2) is 45.3 Å². The quantitative estimate of drug-likeness (QED) is 0.708. The van der Waals surface area contributed by atoms with Crippen molar-refractivity contribution in [3.63, 3.8) is 0 Å². The second-order valence-corrected chi connectivity index (χ2v) is 8.45. The standard InChI is InChI=1S/C20H21F2N3O2S/c1-10-8-25(9-11(2)27-10)19(17-15(22)6-13(21)7-23-17)14-4-5-16-18(20(14)26)24-12(3)28-16/h4-7,10-11,19,26H,8-9H2,1-3H3/t10-,11+,19?. The topological polar surface area (TPSA) is 58.5 Å². The summed E-state index contributed by atoms with van der Waals surface area (Å²) in [5.74, 6) is -1.48. The van der Waals surface area contributed by atoms with E-state index in [4.69, 9.17) is 4.74 Å². The van der Waals surface area contributed by atoms with Crippen molar-refractivity contribution in [3.05, 3.63) is 52.3 Å². The molecule has 1 fully saturated rings. The number of pyridine rings is 1. The number of hydrogen-bond acceptors (Lipinski definition) is 6. The first-order valence-electron chi connectivity index (χ1n) is 9.13. The number of aromatic nitrogens is 2. The number of benzene rings is 1. The maximum absolute atomic E-state index is 14.7. The minimum atomic E-state index is -0.745. The van der Waals surface area contributed by atoms with Crippen molar-refractivity contribution < 1.29 is 18.6 Å². The van der Waals surface area contributed by atoms with Gasteiger partial charge in [0, 0.05) is 24.7 Å². The summed E-state index contributed by atoms with van der Waals surface area (Å²) in [6.07, 6.45) is 0.866. The summed E-state index contributed by atoms with van der Waals surface area (Å²) in [4.78, 5) is 10.5. The highest BCUT2D eigenvalue weighted by atomic mass is 32.1. The van der Waals surface area contributed by atoms with Gasteiger partial charge in [-0.15, -0.1) is 11.3 Å². The molecule has 28 heavy (non-hydrogen) atoms. The average molecular weight is 405 g/mol. The second-order valence-electron chi connectivity index (χ2n) is 7.22. The van der Waals surface area contributed by atoms with Crippen LogP contribution in [0.25, 0.3) is 10.2 Å². The van der Waals surface area contributed by atoms with Gasteiger partial charge in [-0.25, -0.2) is 13.8 Å². The number of rotatable bonds is 3. The van der Waals surface area contributed by atoms with Crippen LogP contribution in [0.5, 0.6) is 5.75 Å². The van der Waals surface area contributed by atoms with E-state index in [9.17, 15) is 13.9 Å². The lowest BCUT2D eigenvalue weighted by molar-refractivity contribution is -0.0774. The molecule has 5 nitrogen and oxygen atoms in total. The normalized spacial score (nSPS) is 21.9. The third-order valence-corrected chi connectivity index (χ3v) is 5.81. The molecule has 3 heterocycles. The first kappa shape index (κ1) is 19.2. The minimum absolute atomic E-state index is 0.00386. The van der Waals surface area contributed by atoms with Crippen molar-refractivity contribution in [2.75, 3.05) is 13.1 Å². The lowest BCUT2D eigenvalue weighted by Crippen LogP contribution is -2.47. The molecule has 1 aliphatic heterocycles. The number of aromatic hydroxyl groups is 1. The number of thiazole rings is 1. The molecule has 4 rings (SSSR count). The SMILES string of the molecule is Cc1nc2c(O)c(C(c3ncc(F)cc3F)N3C[C@@H](C)O[C@@H](C)C3)ccc2s1. The Balaban J connectivity index is 1.89. The van der Waals surface area contributed by atoms with Gasteiger partial charge in [-0.05, 0) is 26.8 Å². The Labute approximate surface area is 165 Å². The van der Waals surface area contributed by atoms with Crippen LogP contribution in [0.1, 0.15) is 36.2 Å². The maximum atomic E-state index is 14.7. The van der Waals surface area contributed by atoms with Gasteiger partial charge in [-0.3, -0.25) is 9.88 Å². The third kappa shape index (κ3) is 3.47. The Kier molecular flexibility index (Phi) is 5.03. The molecule has 2 aromatic heterocycles. The number of phenols is 1. The molecule has 1 unspecified atom stereocenters. The average Bonchev–Trinajstić information content (AvgIpc) is 2.99. The molecule has 8 heteroatoms. The van der Waals surface area contributed by atoms with E-state index in [-0.39, 0.29) is 23.7 Å². The summed E-state index contributed by atoms with van der Waals surface area (Å²) in [6, 6.07) is 3.79. The molecule has 1 aromatic carbocycles. The van der Waals surface area contributed by atoms with Gasteiger partial charge in [0.05, 0.1) is 39.8 Å². The molecule has 1 aliphatic rings. The van der Waals surface area contributed by atoms with Gasteiger partial charge < -0.3 is 9.84 Å². The number of ether oxygens (including phenoxy) is 1. The van der Waals surface area contributed by atoms with Crippen LogP contribution in [0, 0.1) is 18.6 Å². The van der Waals surface area contributed by atoms with Crippen LogP contribution < -0.4 is 0 Å². The molecular weight excluding hydrogens is 384 g/mol. The highest BCUT2D eigenvalue weighted by Gasteiger charge is 2.34. The molecule has 0 bridgehead atoms. The van der Waals surface area contributed by atoms with Crippen molar-refractivity contribution >= 4 is 21.6 Å². The monoisotopic (exact) mass is 405 g/mol. The number of hydrogen-bond donors (Lipinski definition) is 1. The number of halogens is 2. The summed E-state index contributed by atoms with van der Waals surface area (Å²) in [7, 11) is 0. The zero-order chi connectivity index (χ0) is 20.0. The molecule has 0 radical (unpaired) electrons. The van der Waals surface area contributed by atoms with Gasteiger partial charge in [0.1, 0.15) is 22.9 Å². The zero-order valence-corrected chi connectivity index (χ0v) is 16.6.